The molecular weight excluding hydrogens is 335 g/mol. The summed E-state index contributed by atoms with van der Waals surface area (Å²) >= 11 is 1.10. The number of aliphatic hydroxyl groups is 1. The van der Waals surface area contributed by atoms with Gasteiger partial charge in [-0.1, -0.05) is 6.58 Å². The Bertz CT molecular complexity index is 430. The summed E-state index contributed by atoms with van der Waals surface area (Å²) in [6, 6.07) is -0.954. The van der Waals surface area contributed by atoms with Crippen LogP contribution in [0, 0.1) is 0 Å². The molecule has 0 fully saturated rings. The van der Waals surface area contributed by atoms with E-state index >= 15 is 0 Å². The minimum absolute atomic E-state index is 0.0930. The maximum absolute atomic E-state index is 12.2. The van der Waals surface area contributed by atoms with E-state index in [1.807, 2.05) is 0 Å². The number of alkyl halides is 3. The van der Waals surface area contributed by atoms with Crippen molar-refractivity contribution in [1.29, 1.82) is 0 Å². The van der Waals surface area contributed by atoms with Crippen LogP contribution >= 0.6 is 11.8 Å². The zero-order valence-corrected chi connectivity index (χ0v) is 13.4. The van der Waals surface area contributed by atoms with Crippen molar-refractivity contribution in [3.8, 4) is 0 Å². The molecule has 0 aliphatic heterocycles. The molecule has 6 nitrogen and oxygen atoms in total. The highest BCUT2D eigenvalue weighted by Gasteiger charge is 2.30. The first-order chi connectivity index (χ1) is 10.7. The molecule has 0 saturated heterocycles. The normalized spacial score (nSPS) is 14.7. The summed E-state index contributed by atoms with van der Waals surface area (Å²) in [5.74, 6) is -0.618. The van der Waals surface area contributed by atoms with Crippen molar-refractivity contribution in [2.75, 3.05) is 12.8 Å². The summed E-state index contributed by atoms with van der Waals surface area (Å²) in [7, 11) is 0. The fourth-order valence-corrected chi connectivity index (χ4v) is 2.32. The van der Waals surface area contributed by atoms with Crippen LogP contribution in [0.3, 0.4) is 0 Å². The maximum Gasteiger partial charge on any atom is 0.389 e. The van der Waals surface area contributed by atoms with Crippen LogP contribution in [-0.4, -0.2) is 53.6 Å². The van der Waals surface area contributed by atoms with Gasteiger partial charge in [-0.2, -0.15) is 13.2 Å². The van der Waals surface area contributed by atoms with Gasteiger partial charge >= 0.3 is 6.18 Å². The number of rotatable bonds is 10. The quantitative estimate of drug-likeness (QED) is 0.312. The minimum Gasteiger partial charge on any atom is -0.384 e. The molecule has 0 rings (SSSR count). The van der Waals surface area contributed by atoms with E-state index in [4.69, 9.17) is 0 Å². The highest BCUT2D eigenvalue weighted by molar-refractivity contribution is 8.13. The van der Waals surface area contributed by atoms with Crippen LogP contribution in [0.15, 0.2) is 17.8 Å². The van der Waals surface area contributed by atoms with Crippen molar-refractivity contribution in [2.24, 2.45) is 4.99 Å². The van der Waals surface area contributed by atoms with Gasteiger partial charge in [-0.05, 0) is 19.1 Å². The molecule has 0 aromatic rings. The lowest BCUT2D eigenvalue weighted by molar-refractivity contribution is -0.136. The highest BCUT2D eigenvalue weighted by Crippen LogP contribution is 2.23. The molecule has 0 aromatic carbocycles. The number of hydrogen-bond donors (Lipinski definition) is 3. The van der Waals surface area contributed by atoms with Crippen molar-refractivity contribution in [2.45, 2.75) is 37.6 Å². The predicted octanol–water partition coefficient (Wildman–Crippen LogP) is 1.22. The highest BCUT2D eigenvalue weighted by atomic mass is 32.2. The van der Waals surface area contributed by atoms with E-state index < -0.39 is 30.7 Å². The lowest BCUT2D eigenvalue weighted by Crippen LogP contribution is -2.48. The minimum atomic E-state index is -4.31. The molecule has 0 aliphatic carbocycles. The summed E-state index contributed by atoms with van der Waals surface area (Å²) < 4.78 is 36.7. The van der Waals surface area contributed by atoms with Crippen LogP contribution in [0.2, 0.25) is 0 Å². The summed E-state index contributed by atoms with van der Waals surface area (Å²) in [4.78, 5) is 25.6. The zero-order valence-electron chi connectivity index (χ0n) is 12.6. The van der Waals surface area contributed by atoms with E-state index in [-0.39, 0.29) is 24.4 Å². The number of aliphatic hydroxyl groups excluding tert-OH is 1. The monoisotopic (exact) mass is 355 g/mol. The van der Waals surface area contributed by atoms with Crippen molar-refractivity contribution >= 4 is 29.1 Å². The average molecular weight is 355 g/mol. The lowest BCUT2D eigenvalue weighted by atomic mass is 10.0. The Balaban J connectivity index is 4.89. The fraction of sp³-hybridized carbons (Fsp3) is 0.615. The molecule has 0 aliphatic rings. The van der Waals surface area contributed by atoms with Gasteiger partial charge in [-0.15, -0.1) is 11.8 Å². The average Bonchev–Trinajstić information content (AvgIpc) is 2.47. The SMILES string of the molecule is C=CN=C(SC)C(O)C(CCCC(F)(F)F)NC(=O)CNC=O. The van der Waals surface area contributed by atoms with E-state index in [1.54, 1.807) is 6.26 Å². The molecule has 3 N–H and O–H groups in total. The van der Waals surface area contributed by atoms with Crippen molar-refractivity contribution in [3.05, 3.63) is 12.8 Å². The molecule has 2 unspecified atom stereocenters. The van der Waals surface area contributed by atoms with Crippen molar-refractivity contribution in [1.82, 2.24) is 10.6 Å². The van der Waals surface area contributed by atoms with Gasteiger partial charge in [0.15, 0.2) is 0 Å². The second-order valence-corrected chi connectivity index (χ2v) is 5.31. The van der Waals surface area contributed by atoms with Crippen molar-refractivity contribution < 1.29 is 27.9 Å². The summed E-state index contributed by atoms with van der Waals surface area (Å²) in [5, 5.41) is 15.0. The number of carbonyl (C=O) groups is 2. The molecule has 0 bridgehead atoms. The molecule has 132 valence electrons. The second-order valence-electron chi connectivity index (χ2n) is 4.48. The standard InChI is InChI=1S/C13H20F3N3O3S/c1-3-18-12(23-2)11(22)9(5-4-6-13(14,15)16)19-10(21)7-17-8-20/h3,8-9,11,22H,1,4-7H2,2H3,(H,17,20)(H,19,21). The van der Waals surface area contributed by atoms with E-state index in [9.17, 15) is 27.9 Å². The molecule has 10 heteroatoms. The number of carbonyl (C=O) groups excluding carboxylic acids is 2. The molecule has 0 spiro atoms. The second kappa shape index (κ2) is 11.1. The molecule has 0 heterocycles. The Morgan fingerprint density at radius 2 is 2.13 bits per heavy atom. The van der Waals surface area contributed by atoms with Crippen LogP contribution in [-0.2, 0) is 9.59 Å². The third-order valence-corrected chi connectivity index (χ3v) is 3.49. The Morgan fingerprint density at radius 3 is 2.61 bits per heavy atom. The Kier molecular flexibility index (Phi) is 10.3. The Hall–Kier alpha value is -1.55. The molecule has 0 saturated carbocycles. The number of halogens is 3. The summed E-state index contributed by atoms with van der Waals surface area (Å²) in [6.45, 7) is 3.06. The van der Waals surface area contributed by atoms with Crippen LogP contribution in [0.25, 0.3) is 0 Å². The number of nitrogens with zero attached hydrogens (tertiary/aromatic N) is 1. The molecule has 0 radical (unpaired) electrons. The van der Waals surface area contributed by atoms with Gasteiger partial charge in [0.05, 0.1) is 12.6 Å². The van der Waals surface area contributed by atoms with Crippen molar-refractivity contribution in [3.63, 3.8) is 0 Å². The molecule has 0 aromatic heterocycles. The van der Waals surface area contributed by atoms with E-state index in [1.165, 1.54) is 6.20 Å². The fourth-order valence-electron chi connectivity index (χ4n) is 1.74. The number of amides is 2. The number of aliphatic imine (C=N–C) groups is 1. The van der Waals surface area contributed by atoms with Gasteiger partial charge in [0, 0.05) is 12.6 Å². The van der Waals surface area contributed by atoms with Gasteiger partial charge in [0.2, 0.25) is 12.3 Å². The number of nitrogens with one attached hydrogen (secondary N) is 2. The maximum atomic E-state index is 12.2. The number of hydrogen-bond acceptors (Lipinski definition) is 5. The van der Waals surface area contributed by atoms with Crippen LogP contribution in [0.1, 0.15) is 19.3 Å². The Labute approximate surface area is 136 Å². The van der Waals surface area contributed by atoms with Crippen LogP contribution < -0.4 is 10.6 Å². The largest absolute Gasteiger partial charge is 0.389 e. The summed E-state index contributed by atoms with van der Waals surface area (Å²) in [5.41, 5.74) is 0. The topological polar surface area (TPSA) is 90.8 Å². The van der Waals surface area contributed by atoms with Gasteiger partial charge in [-0.3, -0.25) is 14.6 Å². The smallest absolute Gasteiger partial charge is 0.384 e. The van der Waals surface area contributed by atoms with E-state index in [2.05, 4.69) is 22.2 Å². The Morgan fingerprint density at radius 1 is 1.48 bits per heavy atom. The molecule has 2 atom stereocenters. The van der Waals surface area contributed by atoms with E-state index in [0.29, 0.717) is 6.41 Å². The molecular formula is C13H20F3N3O3S. The molecule has 23 heavy (non-hydrogen) atoms. The number of thioether (sulfide) groups is 1. The predicted molar refractivity (Wildman–Crippen MR) is 83.1 cm³/mol. The van der Waals surface area contributed by atoms with Gasteiger partial charge in [-0.25, -0.2) is 0 Å². The van der Waals surface area contributed by atoms with Gasteiger partial charge < -0.3 is 15.7 Å². The van der Waals surface area contributed by atoms with Gasteiger partial charge in [0.25, 0.3) is 0 Å². The third-order valence-electron chi connectivity index (χ3n) is 2.73. The van der Waals surface area contributed by atoms with Crippen LogP contribution in [0.4, 0.5) is 13.2 Å². The molecule has 2 amide bonds. The first-order valence-corrected chi connectivity index (χ1v) is 7.91. The lowest BCUT2D eigenvalue weighted by Gasteiger charge is -2.25. The van der Waals surface area contributed by atoms with E-state index in [0.717, 1.165) is 11.8 Å². The first kappa shape index (κ1) is 21.4. The van der Waals surface area contributed by atoms with Gasteiger partial charge in [0.1, 0.15) is 11.1 Å². The summed E-state index contributed by atoms with van der Waals surface area (Å²) in [6.07, 6.45) is -3.81. The third kappa shape index (κ3) is 9.95. The first-order valence-electron chi connectivity index (χ1n) is 6.69. The zero-order chi connectivity index (χ0) is 17.9. The van der Waals surface area contributed by atoms with Crippen LogP contribution in [0.5, 0.6) is 0 Å².